The Bertz CT molecular complexity index is 1070. The summed E-state index contributed by atoms with van der Waals surface area (Å²) >= 11 is 0. The minimum absolute atomic E-state index is 0.164. The number of hydrogen-bond donors (Lipinski definition) is 1. The first-order chi connectivity index (χ1) is 14.7. The maximum Gasteiger partial charge on any atom is 0.458 e. The molecule has 1 fully saturated rings. The minimum Gasteiger partial charge on any atom is -0.507 e. The molecule has 1 aliphatic rings. The standard InChI is InChI=1S/C23H21F5N2O/c24-22(25,23(26,27)28)17-4-1-3-16(14-17)13-15-8-11-30(12-9-15)19-6-7-20(31)18-5-2-10-29-21(18)19/h1-7,10,14-15,31H,8-9,11-13H2. The molecule has 31 heavy (non-hydrogen) atoms. The van der Waals surface area contributed by atoms with Crippen molar-refractivity contribution in [2.75, 3.05) is 18.0 Å². The topological polar surface area (TPSA) is 36.4 Å². The van der Waals surface area contributed by atoms with Crippen molar-refractivity contribution in [1.29, 1.82) is 0 Å². The molecule has 2 aromatic carbocycles. The molecular weight excluding hydrogens is 415 g/mol. The van der Waals surface area contributed by atoms with E-state index in [1.54, 1.807) is 30.5 Å². The van der Waals surface area contributed by atoms with Gasteiger partial charge in [0.05, 0.1) is 11.2 Å². The normalized spacial score (nSPS) is 16.1. The van der Waals surface area contributed by atoms with Gasteiger partial charge >= 0.3 is 12.1 Å². The van der Waals surface area contributed by atoms with Crippen LogP contribution in [0.5, 0.6) is 5.75 Å². The fraction of sp³-hybridized carbons (Fsp3) is 0.348. The Kier molecular flexibility index (Phi) is 5.49. The van der Waals surface area contributed by atoms with Crippen molar-refractivity contribution in [2.45, 2.75) is 31.4 Å². The third kappa shape index (κ3) is 4.16. The fourth-order valence-corrected chi connectivity index (χ4v) is 4.17. The molecule has 3 aromatic rings. The number of anilines is 1. The van der Waals surface area contributed by atoms with Gasteiger partial charge in [-0.05, 0) is 61.1 Å². The molecule has 1 saturated heterocycles. The van der Waals surface area contributed by atoms with E-state index in [0.29, 0.717) is 36.0 Å². The summed E-state index contributed by atoms with van der Waals surface area (Å²) in [6.07, 6.45) is -1.95. The van der Waals surface area contributed by atoms with Gasteiger partial charge in [0.25, 0.3) is 0 Å². The van der Waals surface area contributed by atoms with Gasteiger partial charge in [0.15, 0.2) is 0 Å². The zero-order chi connectivity index (χ0) is 22.2. The van der Waals surface area contributed by atoms with Gasteiger partial charge in [-0.3, -0.25) is 4.98 Å². The number of hydrogen-bond acceptors (Lipinski definition) is 3. The largest absolute Gasteiger partial charge is 0.507 e. The van der Waals surface area contributed by atoms with Gasteiger partial charge in [0.2, 0.25) is 0 Å². The van der Waals surface area contributed by atoms with E-state index in [2.05, 4.69) is 9.88 Å². The third-order valence-corrected chi connectivity index (χ3v) is 5.85. The molecule has 164 valence electrons. The first-order valence-electron chi connectivity index (χ1n) is 10.0. The number of piperidine rings is 1. The lowest BCUT2D eigenvalue weighted by atomic mass is 9.89. The van der Waals surface area contributed by atoms with E-state index in [1.807, 2.05) is 6.07 Å². The molecule has 3 nitrogen and oxygen atoms in total. The first-order valence-corrected chi connectivity index (χ1v) is 10.0. The van der Waals surface area contributed by atoms with Crippen molar-refractivity contribution >= 4 is 16.6 Å². The number of alkyl halides is 5. The van der Waals surface area contributed by atoms with Gasteiger partial charge in [-0.2, -0.15) is 22.0 Å². The lowest BCUT2D eigenvalue weighted by Crippen LogP contribution is -2.35. The van der Waals surface area contributed by atoms with E-state index in [1.165, 1.54) is 6.07 Å². The monoisotopic (exact) mass is 436 g/mol. The van der Waals surface area contributed by atoms with Gasteiger partial charge in [0.1, 0.15) is 5.75 Å². The number of fused-ring (bicyclic) bond motifs is 1. The van der Waals surface area contributed by atoms with Crippen LogP contribution in [0, 0.1) is 5.92 Å². The Labute approximate surface area is 176 Å². The van der Waals surface area contributed by atoms with E-state index in [-0.39, 0.29) is 11.7 Å². The second kappa shape index (κ2) is 7.98. The van der Waals surface area contributed by atoms with Crippen molar-refractivity contribution in [3.63, 3.8) is 0 Å². The lowest BCUT2D eigenvalue weighted by molar-refractivity contribution is -0.289. The van der Waals surface area contributed by atoms with Crippen LogP contribution in [0.15, 0.2) is 54.7 Å². The number of rotatable bonds is 4. The number of phenols is 1. The van der Waals surface area contributed by atoms with Crippen molar-refractivity contribution in [2.24, 2.45) is 5.92 Å². The molecule has 0 aliphatic carbocycles. The average Bonchev–Trinajstić information content (AvgIpc) is 2.74. The van der Waals surface area contributed by atoms with Crippen LogP contribution in [0.25, 0.3) is 10.9 Å². The molecule has 0 bridgehead atoms. The number of halogens is 5. The van der Waals surface area contributed by atoms with Gasteiger partial charge in [0, 0.05) is 30.2 Å². The van der Waals surface area contributed by atoms with E-state index in [9.17, 15) is 27.1 Å². The summed E-state index contributed by atoms with van der Waals surface area (Å²) in [5.74, 6) is -4.51. The molecule has 0 saturated carbocycles. The zero-order valence-electron chi connectivity index (χ0n) is 16.5. The van der Waals surface area contributed by atoms with Gasteiger partial charge in [-0.1, -0.05) is 18.2 Å². The highest BCUT2D eigenvalue weighted by atomic mass is 19.4. The van der Waals surface area contributed by atoms with Crippen molar-refractivity contribution in [1.82, 2.24) is 4.98 Å². The maximum atomic E-state index is 13.7. The van der Waals surface area contributed by atoms with Crippen LogP contribution in [0.1, 0.15) is 24.0 Å². The molecule has 1 aliphatic heterocycles. The quantitative estimate of drug-likeness (QED) is 0.506. The Morgan fingerprint density at radius 1 is 0.968 bits per heavy atom. The number of benzene rings is 2. The van der Waals surface area contributed by atoms with Crippen LogP contribution in [0.2, 0.25) is 0 Å². The van der Waals surface area contributed by atoms with Crippen molar-refractivity contribution in [3.8, 4) is 5.75 Å². The van der Waals surface area contributed by atoms with Crippen LogP contribution < -0.4 is 4.90 Å². The maximum absolute atomic E-state index is 13.7. The number of aromatic nitrogens is 1. The summed E-state index contributed by atoms with van der Waals surface area (Å²) in [5.41, 5.74) is 1.09. The Hall–Kier alpha value is -2.90. The van der Waals surface area contributed by atoms with E-state index >= 15 is 0 Å². The molecule has 1 N–H and O–H groups in total. The highest BCUT2D eigenvalue weighted by molar-refractivity contribution is 5.94. The summed E-state index contributed by atoms with van der Waals surface area (Å²) < 4.78 is 65.3. The number of pyridine rings is 1. The minimum atomic E-state index is -5.61. The summed E-state index contributed by atoms with van der Waals surface area (Å²) in [5, 5.41) is 10.7. The van der Waals surface area contributed by atoms with Gasteiger partial charge in [-0.15, -0.1) is 0 Å². The van der Waals surface area contributed by atoms with Crippen LogP contribution in [-0.4, -0.2) is 29.4 Å². The predicted octanol–water partition coefficient (Wildman–Crippen LogP) is 6.05. The number of phenolic OH excluding ortho intramolecular Hbond substituents is 1. The smallest absolute Gasteiger partial charge is 0.458 e. The Morgan fingerprint density at radius 3 is 2.42 bits per heavy atom. The molecule has 0 atom stereocenters. The molecule has 2 heterocycles. The van der Waals surface area contributed by atoms with Gasteiger partial charge < -0.3 is 10.0 Å². The molecular formula is C23H21F5N2O. The second-order valence-electron chi connectivity index (χ2n) is 7.91. The lowest BCUT2D eigenvalue weighted by Gasteiger charge is -2.34. The average molecular weight is 436 g/mol. The Balaban J connectivity index is 1.45. The second-order valence-corrected chi connectivity index (χ2v) is 7.91. The molecule has 0 radical (unpaired) electrons. The number of nitrogens with zero attached hydrogens (tertiary/aromatic N) is 2. The molecule has 1 aromatic heterocycles. The molecule has 8 heteroatoms. The summed E-state index contributed by atoms with van der Waals surface area (Å²) in [7, 11) is 0. The van der Waals surface area contributed by atoms with E-state index in [4.69, 9.17) is 0 Å². The predicted molar refractivity (Wildman–Crippen MR) is 108 cm³/mol. The summed E-state index contributed by atoms with van der Waals surface area (Å²) in [6.45, 7) is 1.42. The first kappa shape index (κ1) is 21.3. The van der Waals surface area contributed by atoms with Crippen molar-refractivity contribution < 1.29 is 27.1 Å². The van der Waals surface area contributed by atoms with Crippen LogP contribution in [0.4, 0.5) is 27.6 Å². The fourth-order valence-electron chi connectivity index (χ4n) is 4.17. The SMILES string of the molecule is Oc1ccc(N2CCC(Cc3cccc(C(F)(F)C(F)(F)F)c3)CC2)c2ncccc12. The molecule has 0 spiro atoms. The zero-order valence-corrected chi connectivity index (χ0v) is 16.5. The van der Waals surface area contributed by atoms with Gasteiger partial charge in [-0.25, -0.2) is 0 Å². The van der Waals surface area contributed by atoms with Crippen LogP contribution >= 0.6 is 0 Å². The van der Waals surface area contributed by atoms with E-state index in [0.717, 1.165) is 30.7 Å². The van der Waals surface area contributed by atoms with Crippen molar-refractivity contribution in [3.05, 3.63) is 65.9 Å². The highest BCUT2D eigenvalue weighted by Crippen LogP contribution is 2.44. The molecule has 4 rings (SSSR count). The summed E-state index contributed by atoms with van der Waals surface area (Å²) in [4.78, 5) is 6.56. The third-order valence-electron chi connectivity index (χ3n) is 5.85. The number of aromatic hydroxyl groups is 1. The molecule has 0 amide bonds. The van der Waals surface area contributed by atoms with Crippen LogP contribution in [-0.2, 0) is 12.3 Å². The molecule has 0 unspecified atom stereocenters. The van der Waals surface area contributed by atoms with E-state index < -0.39 is 17.7 Å². The summed E-state index contributed by atoms with van der Waals surface area (Å²) in [6, 6.07) is 11.7. The highest BCUT2D eigenvalue weighted by Gasteiger charge is 2.58. The Morgan fingerprint density at radius 2 is 1.71 bits per heavy atom. The van der Waals surface area contributed by atoms with Crippen LogP contribution in [0.3, 0.4) is 0 Å².